The molecule has 0 bridgehead atoms. The van der Waals surface area contributed by atoms with Gasteiger partial charge < -0.3 is 10.6 Å². The zero-order chi connectivity index (χ0) is 20.2. The first-order chi connectivity index (χ1) is 12.6. The molecule has 0 saturated heterocycles. The predicted molar refractivity (Wildman–Crippen MR) is 108 cm³/mol. The number of carbonyl (C=O) groups excluding carboxylic acids is 2. The highest BCUT2D eigenvalue weighted by Gasteiger charge is 2.23. The van der Waals surface area contributed by atoms with Crippen LogP contribution in [0, 0.1) is 0 Å². The molecular weight excluding hydrogens is 340 g/mol. The molecule has 1 aromatic carbocycles. The average molecular weight is 370 g/mol. The molecular formula is C21H30N4O2. The van der Waals surface area contributed by atoms with Gasteiger partial charge in [0.1, 0.15) is 0 Å². The molecule has 0 aliphatic rings. The molecule has 146 valence electrons. The zero-order valence-electron chi connectivity index (χ0n) is 17.1. The highest BCUT2D eigenvalue weighted by Crippen LogP contribution is 2.24. The summed E-state index contributed by atoms with van der Waals surface area (Å²) in [6.45, 7) is 13.0. The van der Waals surface area contributed by atoms with Gasteiger partial charge in [-0.1, -0.05) is 20.8 Å². The van der Waals surface area contributed by atoms with E-state index in [1.807, 2.05) is 17.7 Å². The normalized spacial score (nSPS) is 11.5. The molecule has 0 spiro atoms. The molecule has 0 saturated carbocycles. The fourth-order valence-corrected chi connectivity index (χ4v) is 2.70. The van der Waals surface area contributed by atoms with Crippen molar-refractivity contribution in [1.29, 1.82) is 0 Å². The molecule has 1 aromatic heterocycles. The Labute approximate surface area is 161 Å². The summed E-state index contributed by atoms with van der Waals surface area (Å²) in [6, 6.07) is 8.70. The lowest BCUT2D eigenvalue weighted by molar-refractivity contribution is 0.0953. The molecule has 0 unspecified atom stereocenters. The van der Waals surface area contributed by atoms with Gasteiger partial charge in [0.2, 0.25) is 0 Å². The summed E-state index contributed by atoms with van der Waals surface area (Å²) in [6.07, 6.45) is 0.888. The number of hydrogen-bond donors (Lipinski definition) is 2. The van der Waals surface area contributed by atoms with E-state index in [1.54, 1.807) is 24.3 Å². The van der Waals surface area contributed by atoms with Crippen LogP contribution in [0.25, 0.3) is 0 Å². The molecule has 2 N–H and O–H groups in total. The van der Waals surface area contributed by atoms with Gasteiger partial charge in [-0.2, -0.15) is 5.10 Å². The summed E-state index contributed by atoms with van der Waals surface area (Å²) in [5.41, 5.74) is 2.41. The maximum absolute atomic E-state index is 12.6. The van der Waals surface area contributed by atoms with Crippen LogP contribution in [0.15, 0.2) is 30.3 Å². The Kier molecular flexibility index (Phi) is 6.41. The van der Waals surface area contributed by atoms with Crippen molar-refractivity contribution in [2.75, 3.05) is 11.9 Å². The topological polar surface area (TPSA) is 76.0 Å². The van der Waals surface area contributed by atoms with E-state index in [-0.39, 0.29) is 23.3 Å². The van der Waals surface area contributed by atoms with Gasteiger partial charge in [-0.25, -0.2) is 0 Å². The van der Waals surface area contributed by atoms with E-state index in [2.05, 4.69) is 50.4 Å². The van der Waals surface area contributed by atoms with E-state index < -0.39 is 0 Å². The number of carbonyl (C=O) groups is 2. The van der Waals surface area contributed by atoms with Gasteiger partial charge in [-0.05, 0) is 63.4 Å². The van der Waals surface area contributed by atoms with E-state index in [0.29, 0.717) is 23.5 Å². The number of hydrogen-bond acceptors (Lipinski definition) is 3. The van der Waals surface area contributed by atoms with Crippen LogP contribution < -0.4 is 10.6 Å². The van der Waals surface area contributed by atoms with E-state index in [4.69, 9.17) is 0 Å². The number of aromatic nitrogens is 2. The van der Waals surface area contributed by atoms with Crippen molar-refractivity contribution >= 4 is 17.5 Å². The van der Waals surface area contributed by atoms with Crippen LogP contribution in [0.3, 0.4) is 0 Å². The molecule has 6 nitrogen and oxygen atoms in total. The largest absolute Gasteiger partial charge is 0.352 e. The molecule has 2 rings (SSSR count). The Morgan fingerprint density at radius 2 is 1.74 bits per heavy atom. The van der Waals surface area contributed by atoms with Crippen molar-refractivity contribution in [2.45, 2.75) is 59.4 Å². The maximum Gasteiger partial charge on any atom is 0.276 e. The van der Waals surface area contributed by atoms with Crippen molar-refractivity contribution in [3.05, 3.63) is 47.3 Å². The second kappa shape index (κ2) is 8.37. The van der Waals surface area contributed by atoms with Gasteiger partial charge in [0.05, 0.1) is 5.54 Å². The maximum atomic E-state index is 12.6. The minimum atomic E-state index is -0.261. The van der Waals surface area contributed by atoms with Crippen molar-refractivity contribution in [3.63, 3.8) is 0 Å². The van der Waals surface area contributed by atoms with Gasteiger partial charge in [0, 0.05) is 23.5 Å². The first-order valence-electron chi connectivity index (χ1n) is 9.43. The van der Waals surface area contributed by atoms with Gasteiger partial charge in [-0.3, -0.25) is 14.3 Å². The molecule has 1 heterocycles. The molecule has 6 heteroatoms. The highest BCUT2D eigenvalue weighted by molar-refractivity contribution is 6.03. The summed E-state index contributed by atoms with van der Waals surface area (Å²) >= 11 is 0. The number of rotatable bonds is 6. The zero-order valence-corrected chi connectivity index (χ0v) is 17.1. The summed E-state index contributed by atoms with van der Waals surface area (Å²) in [7, 11) is 0. The van der Waals surface area contributed by atoms with Crippen LogP contribution >= 0.6 is 0 Å². The Morgan fingerprint density at radius 1 is 1.11 bits per heavy atom. The first-order valence-corrected chi connectivity index (χ1v) is 9.43. The van der Waals surface area contributed by atoms with Crippen LogP contribution in [-0.4, -0.2) is 28.1 Å². The first kappa shape index (κ1) is 20.7. The smallest absolute Gasteiger partial charge is 0.276 e. The lowest BCUT2D eigenvalue weighted by Crippen LogP contribution is -2.26. The summed E-state index contributed by atoms with van der Waals surface area (Å²) < 4.78 is 1.91. The van der Waals surface area contributed by atoms with Crippen LogP contribution in [-0.2, 0) is 5.54 Å². The van der Waals surface area contributed by atoms with Crippen molar-refractivity contribution in [3.8, 4) is 0 Å². The third-order valence-corrected chi connectivity index (χ3v) is 4.14. The third kappa shape index (κ3) is 5.18. The second-order valence-corrected chi connectivity index (χ2v) is 7.98. The van der Waals surface area contributed by atoms with Crippen molar-refractivity contribution < 1.29 is 9.59 Å². The van der Waals surface area contributed by atoms with Crippen molar-refractivity contribution in [1.82, 2.24) is 15.1 Å². The van der Waals surface area contributed by atoms with Crippen LogP contribution in [0.2, 0.25) is 0 Å². The van der Waals surface area contributed by atoms with Gasteiger partial charge >= 0.3 is 0 Å². The Bertz CT molecular complexity index is 799. The van der Waals surface area contributed by atoms with Crippen molar-refractivity contribution in [2.24, 2.45) is 0 Å². The Hall–Kier alpha value is -2.63. The Balaban J connectivity index is 2.14. The lowest BCUT2D eigenvalue weighted by Gasteiger charge is -2.23. The third-order valence-electron chi connectivity index (χ3n) is 4.14. The summed E-state index contributed by atoms with van der Waals surface area (Å²) in [4.78, 5) is 24.6. The SMILES string of the molecule is CCCNC(=O)c1ccc(NC(=O)c2cc(C(C)C)n(C(C)(C)C)n2)cc1. The average Bonchev–Trinajstić information content (AvgIpc) is 3.06. The van der Waals surface area contributed by atoms with E-state index in [0.717, 1.165) is 12.1 Å². The number of nitrogens with zero attached hydrogens (tertiary/aromatic N) is 2. The Morgan fingerprint density at radius 3 is 2.22 bits per heavy atom. The molecule has 0 fully saturated rings. The molecule has 0 aliphatic heterocycles. The fraction of sp³-hybridized carbons (Fsp3) is 0.476. The van der Waals surface area contributed by atoms with Gasteiger partial charge in [0.25, 0.3) is 11.8 Å². The molecule has 0 aliphatic carbocycles. The van der Waals surface area contributed by atoms with E-state index >= 15 is 0 Å². The minimum Gasteiger partial charge on any atom is -0.352 e. The highest BCUT2D eigenvalue weighted by atomic mass is 16.2. The summed E-state index contributed by atoms with van der Waals surface area (Å²) in [5.74, 6) is -0.109. The molecule has 2 aromatic rings. The van der Waals surface area contributed by atoms with E-state index in [1.165, 1.54) is 0 Å². The number of amides is 2. The molecule has 27 heavy (non-hydrogen) atoms. The molecule has 0 atom stereocenters. The van der Waals surface area contributed by atoms with Gasteiger partial charge in [0.15, 0.2) is 5.69 Å². The summed E-state index contributed by atoms with van der Waals surface area (Å²) in [5, 5.41) is 10.2. The van der Waals surface area contributed by atoms with Gasteiger partial charge in [-0.15, -0.1) is 0 Å². The number of nitrogens with one attached hydrogen (secondary N) is 2. The molecule has 0 radical (unpaired) electrons. The fourth-order valence-electron chi connectivity index (χ4n) is 2.70. The minimum absolute atomic E-state index is 0.111. The number of benzene rings is 1. The monoisotopic (exact) mass is 370 g/mol. The second-order valence-electron chi connectivity index (χ2n) is 7.98. The quantitative estimate of drug-likeness (QED) is 0.802. The van der Waals surface area contributed by atoms with Crippen LogP contribution in [0.1, 0.15) is 80.4 Å². The van der Waals surface area contributed by atoms with E-state index in [9.17, 15) is 9.59 Å². The number of anilines is 1. The lowest BCUT2D eigenvalue weighted by atomic mass is 10.1. The van der Waals surface area contributed by atoms with Crippen LogP contribution in [0.5, 0.6) is 0 Å². The molecule has 2 amide bonds. The standard InChI is InChI=1S/C21H30N4O2/c1-7-12-22-19(26)15-8-10-16(11-9-15)23-20(27)17-13-18(14(2)3)25(24-17)21(4,5)6/h8-11,13-14H,7,12H2,1-6H3,(H,22,26)(H,23,27). The van der Waals surface area contributed by atoms with Crippen LogP contribution in [0.4, 0.5) is 5.69 Å². The predicted octanol–water partition coefficient (Wildman–Crippen LogP) is 4.15.